The van der Waals surface area contributed by atoms with Gasteiger partial charge in [0.15, 0.2) is 0 Å². The number of carbonyl (C=O) groups excluding carboxylic acids is 2. The van der Waals surface area contributed by atoms with Gasteiger partial charge in [0.2, 0.25) is 0 Å². The van der Waals surface area contributed by atoms with Crippen molar-refractivity contribution in [2.24, 2.45) is 5.92 Å². The van der Waals surface area contributed by atoms with Gasteiger partial charge in [0.1, 0.15) is 5.60 Å². The fourth-order valence-electron chi connectivity index (χ4n) is 0.968. The van der Waals surface area contributed by atoms with Crippen LogP contribution in [-0.2, 0) is 14.4 Å². The highest BCUT2D eigenvalue weighted by molar-refractivity contribution is 5.73. The van der Waals surface area contributed by atoms with Crippen molar-refractivity contribution in [3.05, 3.63) is 0 Å². The van der Waals surface area contributed by atoms with Gasteiger partial charge in [-0.1, -0.05) is 13.8 Å². The fourth-order valence-corrected chi connectivity index (χ4v) is 0.968. The molecule has 1 amide bonds. The molecule has 0 aromatic rings. The van der Waals surface area contributed by atoms with Crippen molar-refractivity contribution in [1.29, 1.82) is 0 Å². The number of ether oxygens (including phenoxy) is 1. The van der Waals surface area contributed by atoms with E-state index in [1.807, 2.05) is 13.8 Å². The minimum atomic E-state index is -0.671. The van der Waals surface area contributed by atoms with Crippen molar-refractivity contribution in [1.82, 2.24) is 5.06 Å². The molecule has 17 heavy (non-hydrogen) atoms. The van der Waals surface area contributed by atoms with Crippen molar-refractivity contribution in [3.8, 4) is 0 Å². The molecular weight excluding hydrogens is 222 g/mol. The Morgan fingerprint density at radius 2 is 1.76 bits per heavy atom. The average molecular weight is 245 g/mol. The van der Waals surface area contributed by atoms with Crippen LogP contribution in [0.3, 0.4) is 0 Å². The lowest BCUT2D eigenvalue weighted by Crippen LogP contribution is -2.35. The molecule has 0 spiro atoms. The Bertz CT molecular complexity index is 268. The maximum absolute atomic E-state index is 11.5. The Morgan fingerprint density at radius 3 is 2.18 bits per heavy atom. The molecule has 0 N–H and O–H groups in total. The van der Waals surface area contributed by atoms with E-state index in [-0.39, 0.29) is 0 Å². The van der Waals surface area contributed by atoms with Crippen LogP contribution in [0.25, 0.3) is 0 Å². The number of hydroxylamine groups is 2. The molecule has 0 bridgehead atoms. The molecule has 0 aliphatic carbocycles. The summed E-state index contributed by atoms with van der Waals surface area (Å²) in [5, 5.41) is 0.827. The third-order valence-corrected chi connectivity index (χ3v) is 1.82. The van der Waals surface area contributed by atoms with Crippen molar-refractivity contribution in [3.63, 3.8) is 0 Å². The van der Waals surface area contributed by atoms with Crippen LogP contribution in [0, 0.1) is 5.92 Å². The Balaban J connectivity index is 4.04. The normalized spacial score (nSPS) is 11.2. The highest BCUT2D eigenvalue weighted by Crippen LogP contribution is 2.10. The number of amides is 1. The van der Waals surface area contributed by atoms with Gasteiger partial charge in [-0.25, -0.2) is 9.59 Å². The molecule has 0 saturated heterocycles. The summed E-state index contributed by atoms with van der Waals surface area (Å²) in [5.74, 6) is 0.00134. The van der Waals surface area contributed by atoms with Gasteiger partial charge in [-0.2, -0.15) is 0 Å². The summed E-state index contributed by atoms with van der Waals surface area (Å²) < 4.78 is 5.04. The van der Waals surface area contributed by atoms with Gasteiger partial charge >= 0.3 is 12.1 Å². The zero-order valence-electron chi connectivity index (χ0n) is 11.6. The van der Waals surface area contributed by atoms with Gasteiger partial charge in [0, 0.05) is 6.42 Å². The van der Waals surface area contributed by atoms with Crippen LogP contribution in [0.4, 0.5) is 4.79 Å². The molecule has 0 aromatic carbocycles. The largest absolute Gasteiger partial charge is 0.443 e. The first-order valence-electron chi connectivity index (χ1n) is 5.79. The predicted octanol–water partition coefficient (Wildman–Crippen LogP) is 2.75. The van der Waals surface area contributed by atoms with Crippen LogP contribution >= 0.6 is 0 Å². The summed E-state index contributed by atoms with van der Waals surface area (Å²) >= 11 is 0. The maximum atomic E-state index is 11.5. The summed E-state index contributed by atoms with van der Waals surface area (Å²) in [7, 11) is 1.36. The second-order valence-corrected chi connectivity index (χ2v) is 5.37. The van der Waals surface area contributed by atoms with Crippen LogP contribution in [0.2, 0.25) is 0 Å². The van der Waals surface area contributed by atoms with Gasteiger partial charge in [-0.3, -0.25) is 0 Å². The molecule has 100 valence electrons. The smallest absolute Gasteiger partial charge is 0.442 e. The predicted molar refractivity (Wildman–Crippen MR) is 64.2 cm³/mol. The monoisotopic (exact) mass is 245 g/mol. The Labute approximate surface area is 103 Å². The third kappa shape index (κ3) is 8.54. The van der Waals surface area contributed by atoms with E-state index in [2.05, 4.69) is 0 Å². The van der Waals surface area contributed by atoms with Gasteiger partial charge in [-0.15, -0.1) is 5.06 Å². The molecule has 5 heteroatoms. The highest BCUT2D eigenvalue weighted by atomic mass is 16.8. The maximum Gasteiger partial charge on any atom is 0.443 e. The molecule has 0 heterocycles. The minimum Gasteiger partial charge on any atom is -0.442 e. The molecule has 0 aliphatic heterocycles. The lowest BCUT2D eigenvalue weighted by atomic mass is 10.1. The summed E-state index contributed by atoms with van der Waals surface area (Å²) in [6, 6.07) is 0. The van der Waals surface area contributed by atoms with Crippen molar-refractivity contribution in [2.75, 3.05) is 7.05 Å². The first kappa shape index (κ1) is 15.7. The molecule has 0 rings (SSSR count). The summed E-state index contributed by atoms with van der Waals surface area (Å²) in [6.45, 7) is 9.29. The van der Waals surface area contributed by atoms with E-state index in [1.54, 1.807) is 20.8 Å². The Kier molecular flexibility index (Phi) is 5.99. The highest BCUT2D eigenvalue weighted by Gasteiger charge is 2.22. The topological polar surface area (TPSA) is 55.8 Å². The van der Waals surface area contributed by atoms with Crippen molar-refractivity contribution >= 4 is 12.1 Å². The molecular formula is C12H23NO4. The van der Waals surface area contributed by atoms with Gasteiger partial charge in [-0.05, 0) is 33.1 Å². The lowest BCUT2D eigenvalue weighted by molar-refractivity contribution is -0.179. The SMILES string of the molecule is CC(C)CCC(=O)ON(C)C(=O)OC(C)(C)C. The van der Waals surface area contributed by atoms with Gasteiger partial charge in [0.05, 0.1) is 7.05 Å². The average Bonchev–Trinajstić information content (AvgIpc) is 2.11. The molecule has 0 fully saturated rings. The number of hydrogen-bond donors (Lipinski definition) is 0. The molecule has 0 saturated carbocycles. The Hall–Kier alpha value is -1.26. The minimum absolute atomic E-state index is 0.296. The molecule has 0 unspecified atom stereocenters. The number of carbonyl (C=O) groups is 2. The standard InChI is InChI=1S/C12H23NO4/c1-9(2)7-8-10(14)17-13(6)11(15)16-12(3,4)5/h9H,7-8H2,1-6H3. The Morgan fingerprint density at radius 1 is 1.24 bits per heavy atom. The first-order valence-corrected chi connectivity index (χ1v) is 5.79. The molecule has 0 atom stereocenters. The molecule has 5 nitrogen and oxygen atoms in total. The molecule has 0 aromatic heterocycles. The number of rotatable bonds is 3. The number of nitrogens with zero attached hydrogens (tertiary/aromatic N) is 1. The van der Waals surface area contributed by atoms with Crippen molar-refractivity contribution < 1.29 is 19.2 Å². The van der Waals surface area contributed by atoms with E-state index in [9.17, 15) is 9.59 Å². The van der Waals surface area contributed by atoms with Crippen LogP contribution in [0.15, 0.2) is 0 Å². The van der Waals surface area contributed by atoms with E-state index in [1.165, 1.54) is 7.05 Å². The quantitative estimate of drug-likeness (QED) is 0.717. The zero-order chi connectivity index (χ0) is 13.6. The van der Waals surface area contributed by atoms with E-state index in [0.29, 0.717) is 12.3 Å². The fraction of sp³-hybridized carbons (Fsp3) is 0.833. The molecule has 0 radical (unpaired) electrons. The zero-order valence-corrected chi connectivity index (χ0v) is 11.6. The van der Waals surface area contributed by atoms with Crippen LogP contribution < -0.4 is 0 Å². The van der Waals surface area contributed by atoms with E-state index >= 15 is 0 Å². The second-order valence-electron chi connectivity index (χ2n) is 5.37. The van der Waals surface area contributed by atoms with E-state index in [0.717, 1.165) is 11.5 Å². The van der Waals surface area contributed by atoms with E-state index < -0.39 is 17.7 Å². The van der Waals surface area contributed by atoms with Crippen LogP contribution in [0.5, 0.6) is 0 Å². The van der Waals surface area contributed by atoms with Crippen LogP contribution in [0.1, 0.15) is 47.5 Å². The van der Waals surface area contributed by atoms with Gasteiger partial charge in [0.25, 0.3) is 0 Å². The van der Waals surface area contributed by atoms with Crippen LogP contribution in [-0.4, -0.2) is 29.8 Å². The molecule has 0 aliphatic rings. The summed E-state index contributed by atoms with van der Waals surface area (Å²) in [4.78, 5) is 27.6. The lowest BCUT2D eigenvalue weighted by Gasteiger charge is -2.23. The summed E-state index contributed by atoms with van der Waals surface area (Å²) in [6.07, 6.45) is 0.363. The second kappa shape index (κ2) is 6.47. The van der Waals surface area contributed by atoms with E-state index in [4.69, 9.17) is 9.57 Å². The summed E-state index contributed by atoms with van der Waals surface area (Å²) in [5.41, 5.74) is -0.602. The first-order chi connectivity index (χ1) is 7.61. The number of hydrogen-bond acceptors (Lipinski definition) is 4. The van der Waals surface area contributed by atoms with Gasteiger partial charge < -0.3 is 9.57 Å². The third-order valence-electron chi connectivity index (χ3n) is 1.82. The van der Waals surface area contributed by atoms with Crippen molar-refractivity contribution in [2.45, 2.75) is 53.1 Å².